The quantitative estimate of drug-likeness (QED) is 0.690. The summed E-state index contributed by atoms with van der Waals surface area (Å²) in [6.45, 7) is 2.57. The Balaban J connectivity index is 1.90. The van der Waals surface area contributed by atoms with Crippen LogP contribution in [0.3, 0.4) is 0 Å². The molecule has 1 aromatic heterocycles. The Labute approximate surface area is 93.8 Å². The number of nitrogens with one attached hydrogen (secondary N) is 2. The standard InChI is InChI=1S/C11H16N2O3/c1-8-11(15,4-6-16-8)7-13-10(14)9-3-2-5-12-9/h2-3,5,8,12,15H,4,6-7H2,1H3,(H,13,14). The van der Waals surface area contributed by atoms with E-state index in [0.717, 1.165) is 0 Å². The molecule has 0 aliphatic carbocycles. The van der Waals surface area contributed by atoms with Crippen molar-refractivity contribution in [2.75, 3.05) is 13.2 Å². The van der Waals surface area contributed by atoms with Crippen LogP contribution in [0.4, 0.5) is 0 Å². The Morgan fingerprint density at radius 2 is 2.62 bits per heavy atom. The van der Waals surface area contributed by atoms with Crippen LogP contribution < -0.4 is 5.32 Å². The maximum atomic E-state index is 11.6. The van der Waals surface area contributed by atoms with Gasteiger partial charge in [0.05, 0.1) is 6.10 Å². The van der Waals surface area contributed by atoms with Crippen molar-refractivity contribution in [1.29, 1.82) is 0 Å². The molecule has 2 heterocycles. The first kappa shape index (κ1) is 11.2. The number of hydrogen-bond donors (Lipinski definition) is 3. The fourth-order valence-electron chi connectivity index (χ4n) is 1.80. The van der Waals surface area contributed by atoms with Gasteiger partial charge in [-0.2, -0.15) is 0 Å². The second-order valence-corrected chi connectivity index (χ2v) is 4.13. The maximum absolute atomic E-state index is 11.6. The smallest absolute Gasteiger partial charge is 0.267 e. The number of rotatable bonds is 3. The van der Waals surface area contributed by atoms with Crippen LogP contribution in [0.1, 0.15) is 23.8 Å². The number of ether oxygens (including phenoxy) is 1. The molecule has 16 heavy (non-hydrogen) atoms. The van der Waals surface area contributed by atoms with E-state index >= 15 is 0 Å². The molecule has 2 atom stereocenters. The Morgan fingerprint density at radius 1 is 1.81 bits per heavy atom. The van der Waals surface area contributed by atoms with Gasteiger partial charge in [-0.3, -0.25) is 4.79 Å². The van der Waals surface area contributed by atoms with E-state index < -0.39 is 5.60 Å². The van der Waals surface area contributed by atoms with Gasteiger partial charge in [0, 0.05) is 25.8 Å². The van der Waals surface area contributed by atoms with Gasteiger partial charge in [-0.25, -0.2) is 0 Å². The molecule has 1 aliphatic heterocycles. The molecule has 0 saturated carbocycles. The molecular weight excluding hydrogens is 208 g/mol. The number of carbonyl (C=O) groups is 1. The van der Waals surface area contributed by atoms with E-state index in [1.807, 2.05) is 6.92 Å². The predicted molar refractivity (Wildman–Crippen MR) is 58.1 cm³/mol. The van der Waals surface area contributed by atoms with Gasteiger partial charge in [-0.15, -0.1) is 0 Å². The van der Waals surface area contributed by atoms with Crippen LogP contribution in [0.25, 0.3) is 0 Å². The number of amides is 1. The zero-order valence-corrected chi connectivity index (χ0v) is 9.19. The number of hydrogen-bond acceptors (Lipinski definition) is 3. The molecule has 5 heteroatoms. The summed E-state index contributed by atoms with van der Waals surface area (Å²) in [6, 6.07) is 3.44. The number of aromatic amines is 1. The van der Waals surface area contributed by atoms with Crippen LogP contribution in [-0.2, 0) is 4.74 Å². The molecule has 3 N–H and O–H groups in total. The Kier molecular flexibility index (Phi) is 2.98. The average molecular weight is 224 g/mol. The van der Waals surface area contributed by atoms with Crippen molar-refractivity contribution in [1.82, 2.24) is 10.3 Å². The van der Waals surface area contributed by atoms with Crippen LogP contribution >= 0.6 is 0 Å². The van der Waals surface area contributed by atoms with Crippen LogP contribution in [0, 0.1) is 0 Å². The van der Waals surface area contributed by atoms with Crippen molar-refractivity contribution in [2.24, 2.45) is 0 Å². The summed E-state index contributed by atoms with van der Waals surface area (Å²) >= 11 is 0. The molecule has 5 nitrogen and oxygen atoms in total. The first-order valence-corrected chi connectivity index (χ1v) is 5.37. The molecule has 0 radical (unpaired) electrons. The van der Waals surface area contributed by atoms with Gasteiger partial charge in [-0.05, 0) is 19.1 Å². The fourth-order valence-corrected chi connectivity index (χ4v) is 1.80. The van der Waals surface area contributed by atoms with E-state index in [1.165, 1.54) is 0 Å². The minimum absolute atomic E-state index is 0.211. The van der Waals surface area contributed by atoms with E-state index in [1.54, 1.807) is 18.3 Å². The first-order valence-electron chi connectivity index (χ1n) is 5.37. The van der Waals surface area contributed by atoms with Crippen molar-refractivity contribution >= 4 is 5.91 Å². The van der Waals surface area contributed by atoms with Crippen LogP contribution in [0.15, 0.2) is 18.3 Å². The first-order chi connectivity index (χ1) is 7.62. The van der Waals surface area contributed by atoms with Crippen LogP contribution in [0.2, 0.25) is 0 Å². The lowest BCUT2D eigenvalue weighted by molar-refractivity contribution is -0.0252. The van der Waals surface area contributed by atoms with Crippen molar-refractivity contribution in [3.05, 3.63) is 24.0 Å². The third-order valence-electron chi connectivity index (χ3n) is 3.06. The van der Waals surface area contributed by atoms with Gasteiger partial charge in [0.1, 0.15) is 11.3 Å². The molecule has 1 aliphatic rings. The molecular formula is C11H16N2O3. The average Bonchev–Trinajstić information content (AvgIpc) is 2.87. The van der Waals surface area contributed by atoms with Crippen molar-refractivity contribution < 1.29 is 14.6 Å². The van der Waals surface area contributed by atoms with Gasteiger partial charge >= 0.3 is 0 Å². The van der Waals surface area contributed by atoms with Crippen LogP contribution in [-0.4, -0.2) is 40.9 Å². The maximum Gasteiger partial charge on any atom is 0.267 e. The zero-order valence-electron chi connectivity index (χ0n) is 9.19. The molecule has 1 saturated heterocycles. The van der Waals surface area contributed by atoms with Crippen molar-refractivity contribution in [3.8, 4) is 0 Å². The highest BCUT2D eigenvalue weighted by Gasteiger charge is 2.39. The molecule has 1 fully saturated rings. The SMILES string of the molecule is CC1OCCC1(O)CNC(=O)c1ccc[nH]1. The van der Waals surface area contributed by atoms with E-state index in [4.69, 9.17) is 4.74 Å². The molecule has 1 aromatic rings. The summed E-state index contributed by atoms with van der Waals surface area (Å²) in [6.07, 6.45) is 2.00. The second-order valence-electron chi connectivity index (χ2n) is 4.13. The summed E-state index contributed by atoms with van der Waals surface area (Å²) in [5, 5.41) is 12.9. The molecule has 0 aromatic carbocycles. The Hall–Kier alpha value is -1.33. The molecule has 2 unspecified atom stereocenters. The van der Waals surface area contributed by atoms with Crippen molar-refractivity contribution in [2.45, 2.75) is 25.0 Å². The lowest BCUT2D eigenvalue weighted by atomic mass is 9.97. The Bertz CT molecular complexity index is 363. The largest absolute Gasteiger partial charge is 0.385 e. The molecule has 0 spiro atoms. The second kappa shape index (κ2) is 4.27. The van der Waals surface area contributed by atoms with Gasteiger partial charge < -0.3 is 20.1 Å². The molecule has 2 rings (SSSR count). The van der Waals surface area contributed by atoms with Gasteiger partial charge in [0.2, 0.25) is 0 Å². The lowest BCUT2D eigenvalue weighted by Crippen LogP contribution is -2.47. The third kappa shape index (κ3) is 2.10. The van der Waals surface area contributed by atoms with Gasteiger partial charge in [-0.1, -0.05) is 0 Å². The lowest BCUT2D eigenvalue weighted by Gasteiger charge is -2.25. The van der Waals surface area contributed by atoms with Gasteiger partial charge in [0.25, 0.3) is 5.91 Å². The molecule has 1 amide bonds. The highest BCUT2D eigenvalue weighted by molar-refractivity contribution is 5.92. The van der Waals surface area contributed by atoms with E-state index in [9.17, 15) is 9.90 Å². The minimum atomic E-state index is -0.942. The summed E-state index contributed by atoms with van der Waals surface area (Å²) in [5.41, 5.74) is -0.447. The number of aromatic nitrogens is 1. The highest BCUT2D eigenvalue weighted by Crippen LogP contribution is 2.24. The third-order valence-corrected chi connectivity index (χ3v) is 3.06. The molecule has 88 valence electrons. The summed E-state index contributed by atoms with van der Waals surface area (Å²) < 4.78 is 5.28. The summed E-state index contributed by atoms with van der Waals surface area (Å²) in [5.74, 6) is -0.211. The number of H-pyrrole nitrogens is 1. The van der Waals surface area contributed by atoms with E-state index in [-0.39, 0.29) is 18.6 Å². The van der Waals surface area contributed by atoms with E-state index in [2.05, 4.69) is 10.3 Å². The van der Waals surface area contributed by atoms with Gasteiger partial charge in [0.15, 0.2) is 0 Å². The topological polar surface area (TPSA) is 74.3 Å². The highest BCUT2D eigenvalue weighted by atomic mass is 16.5. The fraction of sp³-hybridized carbons (Fsp3) is 0.545. The molecule has 0 bridgehead atoms. The van der Waals surface area contributed by atoms with Crippen LogP contribution in [0.5, 0.6) is 0 Å². The number of aliphatic hydroxyl groups is 1. The zero-order chi connectivity index (χ0) is 11.6. The number of carbonyl (C=O) groups excluding carboxylic acids is 1. The monoisotopic (exact) mass is 224 g/mol. The van der Waals surface area contributed by atoms with E-state index in [0.29, 0.717) is 18.7 Å². The summed E-state index contributed by atoms with van der Waals surface area (Å²) in [7, 11) is 0. The Morgan fingerprint density at radius 3 is 3.19 bits per heavy atom. The predicted octanol–water partition coefficient (Wildman–Crippen LogP) is 0.284. The minimum Gasteiger partial charge on any atom is -0.385 e. The summed E-state index contributed by atoms with van der Waals surface area (Å²) in [4.78, 5) is 14.4. The van der Waals surface area contributed by atoms with Crippen molar-refractivity contribution in [3.63, 3.8) is 0 Å². The normalized spacial score (nSPS) is 29.2.